The number of benzene rings is 1. The first kappa shape index (κ1) is 17.8. The Kier molecular flexibility index (Phi) is 4.68. The van der Waals surface area contributed by atoms with Gasteiger partial charge in [-0.05, 0) is 54.5 Å². The molecule has 0 saturated carbocycles. The van der Waals surface area contributed by atoms with Gasteiger partial charge in [-0.25, -0.2) is 9.78 Å². The van der Waals surface area contributed by atoms with Crippen LogP contribution in [0.4, 0.5) is 0 Å². The van der Waals surface area contributed by atoms with Crippen molar-refractivity contribution in [1.82, 2.24) is 14.5 Å². The van der Waals surface area contributed by atoms with Crippen molar-refractivity contribution in [3.63, 3.8) is 0 Å². The first-order valence-corrected chi connectivity index (χ1v) is 9.96. The molecule has 1 aromatic heterocycles. The van der Waals surface area contributed by atoms with Gasteiger partial charge in [-0.2, -0.15) is 0 Å². The van der Waals surface area contributed by atoms with Gasteiger partial charge in [-0.1, -0.05) is 11.6 Å². The SMILES string of the molecule is CCOC(=O)C(c1ncn2c1CCC2)N1Cc2c(Cl)cc(I)cc2C1=O. The topological polar surface area (TPSA) is 64.4 Å². The number of hydrogen-bond acceptors (Lipinski definition) is 4. The van der Waals surface area contributed by atoms with Crippen LogP contribution in [0.25, 0.3) is 0 Å². The van der Waals surface area contributed by atoms with Crippen LogP contribution in [0.15, 0.2) is 18.5 Å². The Morgan fingerprint density at radius 1 is 1.46 bits per heavy atom. The molecule has 3 heterocycles. The summed E-state index contributed by atoms with van der Waals surface area (Å²) in [6, 6.07) is 2.79. The zero-order valence-corrected chi connectivity index (χ0v) is 17.1. The van der Waals surface area contributed by atoms with Crippen LogP contribution in [0.5, 0.6) is 0 Å². The molecule has 0 saturated heterocycles. The van der Waals surface area contributed by atoms with Crippen LogP contribution in [-0.2, 0) is 29.0 Å². The Morgan fingerprint density at radius 3 is 3.04 bits per heavy atom. The summed E-state index contributed by atoms with van der Waals surface area (Å²) in [5.41, 5.74) is 2.93. The second kappa shape index (κ2) is 6.84. The lowest BCUT2D eigenvalue weighted by atomic mass is 10.1. The molecule has 0 aliphatic carbocycles. The van der Waals surface area contributed by atoms with E-state index in [1.54, 1.807) is 13.3 Å². The first-order chi connectivity index (χ1) is 12.5. The highest BCUT2D eigenvalue weighted by atomic mass is 127. The summed E-state index contributed by atoms with van der Waals surface area (Å²) < 4.78 is 8.22. The van der Waals surface area contributed by atoms with E-state index in [9.17, 15) is 9.59 Å². The maximum atomic E-state index is 13.1. The van der Waals surface area contributed by atoms with Crippen LogP contribution >= 0.6 is 34.2 Å². The molecule has 1 atom stereocenters. The minimum absolute atomic E-state index is 0.210. The zero-order valence-electron chi connectivity index (χ0n) is 14.2. The number of aryl methyl sites for hydroxylation is 1. The molecule has 26 heavy (non-hydrogen) atoms. The molecule has 4 rings (SSSR count). The Labute approximate surface area is 169 Å². The van der Waals surface area contributed by atoms with Crippen molar-refractivity contribution in [2.24, 2.45) is 0 Å². The molecule has 2 aliphatic heterocycles. The normalized spacial score (nSPS) is 16.6. The second-order valence-electron chi connectivity index (χ2n) is 6.37. The fraction of sp³-hybridized carbons (Fsp3) is 0.389. The van der Waals surface area contributed by atoms with E-state index in [1.165, 1.54) is 4.90 Å². The predicted molar refractivity (Wildman–Crippen MR) is 104 cm³/mol. The summed E-state index contributed by atoms with van der Waals surface area (Å²) in [5, 5.41) is 0.542. The van der Waals surface area contributed by atoms with Crippen molar-refractivity contribution in [2.45, 2.75) is 38.9 Å². The molecule has 1 amide bonds. The molecular formula is C18H17ClIN3O3. The van der Waals surface area contributed by atoms with Crippen LogP contribution in [-0.4, -0.2) is 32.9 Å². The second-order valence-corrected chi connectivity index (χ2v) is 8.03. The third-order valence-electron chi connectivity index (χ3n) is 4.85. The molecule has 2 aromatic rings. The molecule has 1 unspecified atom stereocenters. The van der Waals surface area contributed by atoms with Crippen LogP contribution in [0.2, 0.25) is 5.02 Å². The molecule has 0 fully saturated rings. The number of rotatable bonds is 4. The fourth-order valence-electron chi connectivity index (χ4n) is 3.70. The van der Waals surface area contributed by atoms with E-state index < -0.39 is 12.0 Å². The van der Waals surface area contributed by atoms with E-state index in [1.807, 2.05) is 16.7 Å². The highest BCUT2D eigenvalue weighted by molar-refractivity contribution is 14.1. The molecule has 0 radical (unpaired) electrons. The number of nitrogens with zero attached hydrogens (tertiary/aromatic N) is 3. The highest BCUT2D eigenvalue weighted by Crippen LogP contribution is 2.37. The average Bonchev–Trinajstić information content (AvgIpc) is 3.26. The molecule has 0 N–H and O–H groups in total. The summed E-state index contributed by atoms with van der Waals surface area (Å²) in [6.45, 7) is 3.17. The lowest BCUT2D eigenvalue weighted by Gasteiger charge is -2.25. The minimum Gasteiger partial charge on any atom is -0.464 e. The average molecular weight is 486 g/mol. The minimum atomic E-state index is -0.849. The van der Waals surface area contributed by atoms with Crippen molar-refractivity contribution in [1.29, 1.82) is 0 Å². The molecule has 2 aliphatic rings. The van der Waals surface area contributed by atoms with Gasteiger partial charge in [0.2, 0.25) is 0 Å². The number of ether oxygens (including phenoxy) is 1. The molecule has 136 valence electrons. The van der Waals surface area contributed by atoms with Crippen LogP contribution in [0, 0.1) is 3.57 Å². The number of fused-ring (bicyclic) bond motifs is 2. The molecular weight excluding hydrogens is 469 g/mol. The quantitative estimate of drug-likeness (QED) is 0.492. The van der Waals surface area contributed by atoms with E-state index in [4.69, 9.17) is 16.3 Å². The third-order valence-corrected chi connectivity index (χ3v) is 5.81. The number of carbonyl (C=O) groups excluding carboxylic acids is 2. The highest BCUT2D eigenvalue weighted by Gasteiger charge is 2.42. The molecule has 1 aromatic carbocycles. The van der Waals surface area contributed by atoms with Gasteiger partial charge < -0.3 is 14.2 Å². The van der Waals surface area contributed by atoms with Gasteiger partial charge in [0, 0.05) is 38.5 Å². The van der Waals surface area contributed by atoms with Gasteiger partial charge in [0.15, 0.2) is 6.04 Å². The number of aromatic nitrogens is 2. The maximum Gasteiger partial charge on any atom is 0.335 e. The molecule has 6 nitrogen and oxygen atoms in total. The summed E-state index contributed by atoms with van der Waals surface area (Å²) >= 11 is 8.48. The Bertz CT molecular complexity index is 911. The van der Waals surface area contributed by atoms with Gasteiger partial charge in [0.1, 0.15) is 0 Å². The monoisotopic (exact) mass is 485 g/mol. The summed E-state index contributed by atoms with van der Waals surface area (Å²) in [5.74, 6) is -0.661. The van der Waals surface area contributed by atoms with Gasteiger partial charge in [0.25, 0.3) is 5.91 Å². The largest absolute Gasteiger partial charge is 0.464 e. The standard InChI is InChI=1S/C18H17ClIN3O3/c1-2-26-18(25)16(15-14-4-3-5-22(14)9-21-15)23-8-12-11(17(23)24)6-10(20)7-13(12)19/h6-7,9,16H,2-5,8H2,1H3. The first-order valence-electron chi connectivity index (χ1n) is 8.50. The zero-order chi connectivity index (χ0) is 18.4. The van der Waals surface area contributed by atoms with Gasteiger partial charge in [-0.3, -0.25) is 4.79 Å². The molecule has 8 heteroatoms. The van der Waals surface area contributed by atoms with Crippen LogP contribution < -0.4 is 0 Å². The predicted octanol–water partition coefficient (Wildman–Crippen LogP) is 3.35. The number of halogens is 2. The van der Waals surface area contributed by atoms with E-state index in [0.717, 1.165) is 34.2 Å². The van der Waals surface area contributed by atoms with Crippen molar-refractivity contribution < 1.29 is 14.3 Å². The number of amides is 1. The lowest BCUT2D eigenvalue weighted by molar-refractivity contribution is -0.149. The smallest absolute Gasteiger partial charge is 0.335 e. The Morgan fingerprint density at radius 2 is 2.27 bits per heavy atom. The molecule has 0 spiro atoms. The fourth-order valence-corrected chi connectivity index (χ4v) is 4.79. The third kappa shape index (κ3) is 2.81. The number of carbonyl (C=O) groups is 2. The lowest BCUT2D eigenvalue weighted by Crippen LogP contribution is -2.36. The van der Waals surface area contributed by atoms with Crippen LogP contribution in [0.3, 0.4) is 0 Å². The van der Waals surface area contributed by atoms with E-state index in [-0.39, 0.29) is 19.1 Å². The van der Waals surface area contributed by atoms with Crippen molar-refractivity contribution in [3.8, 4) is 0 Å². The van der Waals surface area contributed by atoms with Crippen molar-refractivity contribution in [3.05, 3.63) is 49.6 Å². The maximum absolute atomic E-state index is 13.1. The number of hydrogen-bond donors (Lipinski definition) is 0. The van der Waals surface area contributed by atoms with E-state index in [0.29, 0.717) is 16.3 Å². The van der Waals surface area contributed by atoms with Gasteiger partial charge >= 0.3 is 5.97 Å². The van der Waals surface area contributed by atoms with E-state index in [2.05, 4.69) is 27.6 Å². The molecule has 0 bridgehead atoms. The Balaban J connectivity index is 1.77. The summed E-state index contributed by atoms with van der Waals surface area (Å²) in [7, 11) is 0. The summed E-state index contributed by atoms with van der Waals surface area (Å²) in [6.07, 6.45) is 3.60. The number of imidazole rings is 1. The van der Waals surface area contributed by atoms with Crippen molar-refractivity contribution >= 4 is 46.1 Å². The van der Waals surface area contributed by atoms with E-state index >= 15 is 0 Å². The number of esters is 1. The Hall–Kier alpha value is -1.61. The van der Waals surface area contributed by atoms with Gasteiger partial charge in [-0.15, -0.1) is 0 Å². The van der Waals surface area contributed by atoms with Crippen molar-refractivity contribution in [2.75, 3.05) is 6.61 Å². The summed E-state index contributed by atoms with van der Waals surface area (Å²) in [4.78, 5) is 31.8. The van der Waals surface area contributed by atoms with Crippen LogP contribution in [0.1, 0.15) is 46.7 Å². The van der Waals surface area contributed by atoms with Gasteiger partial charge in [0.05, 0.1) is 18.6 Å².